The number of rotatable bonds is 5. The molecule has 2 aromatic rings. The molecule has 2 aromatic heterocycles. The molecule has 1 atom stereocenters. The van der Waals surface area contributed by atoms with Crippen molar-refractivity contribution >= 4 is 17.7 Å². The van der Waals surface area contributed by atoms with Crippen LogP contribution in [0, 0.1) is 13.8 Å². The van der Waals surface area contributed by atoms with Gasteiger partial charge in [-0.15, -0.1) is 0 Å². The van der Waals surface area contributed by atoms with Gasteiger partial charge >= 0.3 is 5.97 Å². The van der Waals surface area contributed by atoms with Crippen LogP contribution in [0.5, 0.6) is 0 Å². The first kappa shape index (κ1) is 18.3. The lowest BCUT2D eigenvalue weighted by Crippen LogP contribution is -2.45. The number of hydrogen-bond acceptors (Lipinski definition) is 6. The average Bonchev–Trinajstić information content (AvgIpc) is 3.11. The van der Waals surface area contributed by atoms with Gasteiger partial charge in [-0.2, -0.15) is 10.1 Å². The smallest absolute Gasteiger partial charge is 0.310 e. The minimum absolute atomic E-state index is 0.0605. The SMILES string of the molecule is CC[C@@H]1CCCCN1C(=O)COC(=O)Cc1c(C)nc2ncnn2c1C. The molecule has 8 nitrogen and oxygen atoms in total. The maximum absolute atomic E-state index is 12.4. The largest absolute Gasteiger partial charge is 0.455 e. The van der Waals surface area contributed by atoms with E-state index in [2.05, 4.69) is 22.0 Å². The molecule has 0 radical (unpaired) electrons. The van der Waals surface area contributed by atoms with Crippen LogP contribution in [-0.4, -0.2) is 55.6 Å². The zero-order valence-corrected chi connectivity index (χ0v) is 15.6. The number of aromatic nitrogens is 4. The van der Waals surface area contributed by atoms with Gasteiger partial charge in [-0.1, -0.05) is 6.92 Å². The number of carbonyl (C=O) groups excluding carboxylic acids is 2. The lowest BCUT2D eigenvalue weighted by Gasteiger charge is -2.35. The fraction of sp³-hybridized carbons (Fsp3) is 0.611. The summed E-state index contributed by atoms with van der Waals surface area (Å²) >= 11 is 0. The van der Waals surface area contributed by atoms with Gasteiger partial charge < -0.3 is 9.64 Å². The minimum atomic E-state index is -0.434. The molecule has 3 heterocycles. The molecule has 1 fully saturated rings. The van der Waals surface area contributed by atoms with Crippen molar-refractivity contribution in [3.8, 4) is 0 Å². The lowest BCUT2D eigenvalue weighted by molar-refractivity contribution is -0.153. The van der Waals surface area contributed by atoms with Gasteiger partial charge in [-0.3, -0.25) is 9.59 Å². The monoisotopic (exact) mass is 359 g/mol. The maximum atomic E-state index is 12.4. The van der Waals surface area contributed by atoms with E-state index in [1.165, 1.54) is 6.33 Å². The number of esters is 1. The topological polar surface area (TPSA) is 89.7 Å². The Morgan fingerprint density at radius 2 is 2.12 bits per heavy atom. The number of piperidine rings is 1. The molecular weight excluding hydrogens is 334 g/mol. The van der Waals surface area contributed by atoms with Crippen molar-refractivity contribution in [2.45, 2.75) is 58.9 Å². The van der Waals surface area contributed by atoms with Crippen molar-refractivity contribution in [3.63, 3.8) is 0 Å². The number of fused-ring (bicyclic) bond motifs is 1. The lowest BCUT2D eigenvalue weighted by atomic mass is 10.00. The number of likely N-dealkylation sites (tertiary alicyclic amines) is 1. The third kappa shape index (κ3) is 3.68. The Morgan fingerprint density at radius 1 is 1.31 bits per heavy atom. The molecule has 0 aromatic carbocycles. The summed E-state index contributed by atoms with van der Waals surface area (Å²) in [4.78, 5) is 34.9. The Bertz CT molecular complexity index is 817. The second-order valence-corrected chi connectivity index (χ2v) is 6.72. The zero-order valence-electron chi connectivity index (χ0n) is 15.6. The standard InChI is InChI=1S/C18H25N5O3/c1-4-14-7-5-6-8-22(14)16(24)10-26-17(25)9-15-12(2)21-18-19-11-20-23(18)13(15)3/h11,14H,4-10H2,1-3H3/t14-/m1/s1. The van der Waals surface area contributed by atoms with E-state index in [0.29, 0.717) is 11.5 Å². The molecule has 0 spiro atoms. The third-order valence-corrected chi connectivity index (χ3v) is 5.09. The molecule has 0 N–H and O–H groups in total. The van der Waals surface area contributed by atoms with E-state index in [1.807, 2.05) is 18.7 Å². The second-order valence-electron chi connectivity index (χ2n) is 6.72. The molecule has 1 aliphatic heterocycles. The van der Waals surface area contributed by atoms with E-state index in [9.17, 15) is 9.59 Å². The van der Waals surface area contributed by atoms with E-state index in [0.717, 1.165) is 43.5 Å². The van der Waals surface area contributed by atoms with E-state index in [4.69, 9.17) is 4.74 Å². The van der Waals surface area contributed by atoms with Gasteiger partial charge in [0.15, 0.2) is 6.61 Å². The molecule has 26 heavy (non-hydrogen) atoms. The van der Waals surface area contributed by atoms with E-state index in [-0.39, 0.29) is 25.0 Å². The Morgan fingerprint density at radius 3 is 2.88 bits per heavy atom. The van der Waals surface area contributed by atoms with Crippen LogP contribution in [-0.2, 0) is 20.7 Å². The highest BCUT2D eigenvalue weighted by Gasteiger charge is 2.26. The first-order chi connectivity index (χ1) is 12.5. The average molecular weight is 359 g/mol. The highest BCUT2D eigenvalue weighted by Crippen LogP contribution is 2.19. The van der Waals surface area contributed by atoms with Gasteiger partial charge in [0.1, 0.15) is 6.33 Å². The summed E-state index contributed by atoms with van der Waals surface area (Å²) in [5.74, 6) is -0.0397. The Balaban J connectivity index is 1.61. The first-order valence-corrected chi connectivity index (χ1v) is 9.12. The molecule has 1 saturated heterocycles. The van der Waals surface area contributed by atoms with Gasteiger partial charge in [0.2, 0.25) is 0 Å². The van der Waals surface area contributed by atoms with Crippen LogP contribution in [0.4, 0.5) is 0 Å². The molecule has 0 unspecified atom stereocenters. The van der Waals surface area contributed by atoms with Crippen LogP contribution in [0.2, 0.25) is 0 Å². The molecule has 8 heteroatoms. The van der Waals surface area contributed by atoms with E-state index in [1.54, 1.807) is 4.52 Å². The molecule has 140 valence electrons. The molecule has 1 aliphatic rings. The summed E-state index contributed by atoms with van der Waals surface area (Å²) in [6, 6.07) is 0.262. The van der Waals surface area contributed by atoms with Gasteiger partial charge in [-0.05, 0) is 39.5 Å². The van der Waals surface area contributed by atoms with Gasteiger partial charge in [0.05, 0.1) is 6.42 Å². The van der Waals surface area contributed by atoms with Crippen molar-refractivity contribution in [1.29, 1.82) is 0 Å². The van der Waals surface area contributed by atoms with Gasteiger partial charge in [-0.25, -0.2) is 9.50 Å². The van der Waals surface area contributed by atoms with Crippen LogP contribution in [0.15, 0.2) is 6.33 Å². The Labute approximate surface area is 152 Å². The number of nitrogens with zero attached hydrogens (tertiary/aromatic N) is 5. The predicted molar refractivity (Wildman–Crippen MR) is 94.6 cm³/mol. The number of hydrogen-bond donors (Lipinski definition) is 0. The molecule has 0 saturated carbocycles. The summed E-state index contributed by atoms with van der Waals surface area (Å²) in [5.41, 5.74) is 2.27. The van der Waals surface area contributed by atoms with Crippen molar-refractivity contribution in [3.05, 3.63) is 23.3 Å². The van der Waals surface area contributed by atoms with Gasteiger partial charge in [0.25, 0.3) is 11.7 Å². The summed E-state index contributed by atoms with van der Waals surface area (Å²) in [5, 5.41) is 4.11. The predicted octanol–water partition coefficient (Wildman–Crippen LogP) is 1.62. The molecule has 0 aliphatic carbocycles. The quantitative estimate of drug-likeness (QED) is 0.754. The van der Waals surface area contributed by atoms with E-state index < -0.39 is 5.97 Å². The maximum Gasteiger partial charge on any atom is 0.310 e. The summed E-state index contributed by atoms with van der Waals surface area (Å²) in [7, 11) is 0. The summed E-state index contributed by atoms with van der Waals surface area (Å²) in [6.45, 7) is 6.33. The van der Waals surface area contributed by atoms with Crippen molar-refractivity contribution < 1.29 is 14.3 Å². The first-order valence-electron chi connectivity index (χ1n) is 9.12. The number of carbonyl (C=O) groups is 2. The third-order valence-electron chi connectivity index (χ3n) is 5.09. The van der Waals surface area contributed by atoms with E-state index >= 15 is 0 Å². The molecule has 0 bridgehead atoms. The second kappa shape index (κ2) is 7.80. The summed E-state index contributed by atoms with van der Waals surface area (Å²) in [6.07, 6.45) is 5.61. The Hall–Kier alpha value is -2.51. The van der Waals surface area contributed by atoms with Crippen LogP contribution < -0.4 is 0 Å². The van der Waals surface area contributed by atoms with Crippen LogP contribution in [0.25, 0.3) is 5.78 Å². The Kier molecular flexibility index (Phi) is 5.49. The number of aryl methyl sites for hydroxylation is 2. The fourth-order valence-electron chi connectivity index (χ4n) is 3.59. The van der Waals surface area contributed by atoms with Crippen molar-refractivity contribution in [2.24, 2.45) is 0 Å². The molecular formula is C18H25N5O3. The van der Waals surface area contributed by atoms with Crippen LogP contribution >= 0.6 is 0 Å². The van der Waals surface area contributed by atoms with Crippen LogP contribution in [0.1, 0.15) is 49.6 Å². The molecule has 3 rings (SSSR count). The fourth-order valence-corrected chi connectivity index (χ4v) is 3.59. The highest BCUT2D eigenvalue weighted by molar-refractivity contribution is 5.81. The minimum Gasteiger partial charge on any atom is -0.455 e. The normalized spacial score (nSPS) is 17.5. The molecule has 1 amide bonds. The van der Waals surface area contributed by atoms with Gasteiger partial charge in [0, 0.05) is 29.5 Å². The number of ether oxygens (including phenoxy) is 1. The van der Waals surface area contributed by atoms with Crippen molar-refractivity contribution in [1.82, 2.24) is 24.5 Å². The van der Waals surface area contributed by atoms with Crippen LogP contribution in [0.3, 0.4) is 0 Å². The summed E-state index contributed by atoms with van der Waals surface area (Å²) < 4.78 is 6.85. The zero-order chi connectivity index (χ0) is 18.7. The highest BCUT2D eigenvalue weighted by atomic mass is 16.5. The number of amides is 1. The van der Waals surface area contributed by atoms with Crippen molar-refractivity contribution in [2.75, 3.05) is 13.2 Å².